The molecule has 30 heavy (non-hydrogen) atoms. The largest absolute Gasteiger partial charge is 0.368 e. The number of piperazine rings is 1. The van der Waals surface area contributed by atoms with E-state index in [2.05, 4.69) is 36.2 Å². The molecule has 2 aromatic heterocycles. The number of rotatable bonds is 4. The summed E-state index contributed by atoms with van der Waals surface area (Å²) in [5, 5.41) is 13.5. The molecule has 5 rings (SSSR count). The van der Waals surface area contributed by atoms with Gasteiger partial charge in [0.05, 0.1) is 0 Å². The van der Waals surface area contributed by atoms with Crippen LogP contribution in [0.25, 0.3) is 23.0 Å². The van der Waals surface area contributed by atoms with Crippen molar-refractivity contribution in [2.24, 2.45) is 0 Å². The van der Waals surface area contributed by atoms with E-state index in [1.807, 2.05) is 60.7 Å². The molecule has 0 unspecified atom stereocenters. The number of aromatic nitrogens is 4. The third-order valence-corrected chi connectivity index (χ3v) is 5.34. The van der Waals surface area contributed by atoms with E-state index in [4.69, 9.17) is 16.1 Å². The Kier molecular flexibility index (Phi) is 5.03. The summed E-state index contributed by atoms with van der Waals surface area (Å²) in [6, 6.07) is 21.5. The zero-order valence-corrected chi connectivity index (χ0v) is 16.9. The molecule has 0 amide bonds. The monoisotopic (exact) mass is 418 g/mol. The normalized spacial score (nSPS) is 14.2. The zero-order chi connectivity index (χ0) is 20.3. The lowest BCUT2D eigenvalue weighted by atomic mass is 10.2. The number of hydrogen-bond acceptors (Lipinski definition) is 7. The number of halogens is 1. The van der Waals surface area contributed by atoms with Gasteiger partial charge in [-0.2, -0.15) is 4.98 Å². The van der Waals surface area contributed by atoms with Crippen molar-refractivity contribution in [2.45, 2.75) is 0 Å². The Bertz CT molecular complexity index is 1120. The number of benzene rings is 2. The number of nitrogens with zero attached hydrogens (tertiary/aromatic N) is 6. The van der Waals surface area contributed by atoms with Crippen molar-refractivity contribution in [3.8, 4) is 23.0 Å². The molecule has 3 heterocycles. The van der Waals surface area contributed by atoms with Crippen molar-refractivity contribution in [2.75, 3.05) is 36.0 Å². The molecule has 0 radical (unpaired) electrons. The molecule has 0 saturated carbocycles. The van der Waals surface area contributed by atoms with Gasteiger partial charge in [0.2, 0.25) is 5.82 Å². The maximum Gasteiger partial charge on any atom is 0.278 e. The molecule has 1 saturated heterocycles. The first-order valence-electron chi connectivity index (χ1n) is 9.75. The fourth-order valence-corrected chi connectivity index (χ4v) is 3.69. The molecule has 1 aliphatic rings. The maximum atomic E-state index is 6.12. The summed E-state index contributed by atoms with van der Waals surface area (Å²) in [6.45, 7) is 3.51. The molecule has 0 aliphatic carbocycles. The molecule has 0 bridgehead atoms. The third kappa shape index (κ3) is 3.84. The van der Waals surface area contributed by atoms with E-state index >= 15 is 0 Å². The fourth-order valence-electron chi connectivity index (χ4n) is 3.51. The van der Waals surface area contributed by atoms with E-state index in [1.165, 1.54) is 0 Å². The third-order valence-electron chi connectivity index (χ3n) is 5.10. The van der Waals surface area contributed by atoms with Crippen LogP contribution in [0.1, 0.15) is 0 Å². The van der Waals surface area contributed by atoms with E-state index in [0.717, 1.165) is 48.3 Å². The summed E-state index contributed by atoms with van der Waals surface area (Å²) in [7, 11) is 0. The molecule has 1 fully saturated rings. The van der Waals surface area contributed by atoms with E-state index in [-0.39, 0.29) is 0 Å². The minimum atomic E-state index is 0.360. The SMILES string of the molecule is Clc1cccc(N2CCN(c3ccc(-c4nc(-c5ccccc5)no4)nn3)CC2)c1. The van der Waals surface area contributed by atoms with Gasteiger partial charge in [0, 0.05) is 42.5 Å². The highest BCUT2D eigenvalue weighted by Gasteiger charge is 2.20. The Morgan fingerprint density at radius 2 is 1.60 bits per heavy atom. The first-order valence-corrected chi connectivity index (χ1v) is 10.1. The van der Waals surface area contributed by atoms with Gasteiger partial charge in [0.25, 0.3) is 5.89 Å². The average molecular weight is 419 g/mol. The van der Waals surface area contributed by atoms with E-state index in [1.54, 1.807) is 0 Å². The average Bonchev–Trinajstić information content (AvgIpc) is 3.30. The predicted octanol–water partition coefficient (Wildman–Crippen LogP) is 4.17. The molecule has 7 nitrogen and oxygen atoms in total. The van der Waals surface area contributed by atoms with Gasteiger partial charge in [-0.15, -0.1) is 10.2 Å². The van der Waals surface area contributed by atoms with Crippen molar-refractivity contribution in [1.82, 2.24) is 20.3 Å². The van der Waals surface area contributed by atoms with Crippen molar-refractivity contribution in [1.29, 1.82) is 0 Å². The Morgan fingerprint density at radius 3 is 2.33 bits per heavy atom. The van der Waals surface area contributed by atoms with Crippen LogP contribution >= 0.6 is 11.6 Å². The second-order valence-corrected chi connectivity index (χ2v) is 7.46. The number of anilines is 2. The van der Waals surface area contributed by atoms with Crippen LogP contribution in [-0.2, 0) is 0 Å². The van der Waals surface area contributed by atoms with Gasteiger partial charge < -0.3 is 14.3 Å². The molecule has 8 heteroatoms. The lowest BCUT2D eigenvalue weighted by molar-refractivity contribution is 0.430. The molecule has 0 spiro atoms. The molecule has 150 valence electrons. The van der Waals surface area contributed by atoms with Crippen LogP contribution in [-0.4, -0.2) is 46.5 Å². The Labute approximate surface area is 178 Å². The van der Waals surface area contributed by atoms with Crippen molar-refractivity contribution < 1.29 is 4.52 Å². The topological polar surface area (TPSA) is 71.2 Å². The van der Waals surface area contributed by atoms with Gasteiger partial charge in [0.15, 0.2) is 11.5 Å². The van der Waals surface area contributed by atoms with Crippen LogP contribution in [0.15, 0.2) is 71.3 Å². The van der Waals surface area contributed by atoms with Crippen LogP contribution in [0.2, 0.25) is 5.02 Å². The fraction of sp³-hybridized carbons (Fsp3) is 0.182. The van der Waals surface area contributed by atoms with Crippen LogP contribution in [0.3, 0.4) is 0 Å². The van der Waals surface area contributed by atoms with Crippen LogP contribution in [0.4, 0.5) is 11.5 Å². The zero-order valence-electron chi connectivity index (χ0n) is 16.1. The summed E-state index contributed by atoms with van der Waals surface area (Å²) in [5.74, 6) is 1.74. The number of hydrogen-bond donors (Lipinski definition) is 0. The Morgan fingerprint density at radius 1 is 0.800 bits per heavy atom. The van der Waals surface area contributed by atoms with Gasteiger partial charge in [-0.1, -0.05) is 53.2 Å². The highest BCUT2D eigenvalue weighted by atomic mass is 35.5. The summed E-state index contributed by atoms with van der Waals surface area (Å²) in [5.41, 5.74) is 2.61. The first kappa shape index (κ1) is 18.6. The first-order chi connectivity index (χ1) is 14.8. The molecular weight excluding hydrogens is 400 g/mol. The van der Waals surface area contributed by atoms with Crippen LogP contribution in [0.5, 0.6) is 0 Å². The molecule has 4 aromatic rings. The van der Waals surface area contributed by atoms with Crippen molar-refractivity contribution >= 4 is 23.1 Å². The van der Waals surface area contributed by atoms with Crippen LogP contribution < -0.4 is 9.80 Å². The predicted molar refractivity (Wildman–Crippen MR) is 117 cm³/mol. The van der Waals surface area contributed by atoms with E-state index in [0.29, 0.717) is 17.4 Å². The molecular formula is C22H19ClN6O. The minimum Gasteiger partial charge on any atom is -0.368 e. The van der Waals surface area contributed by atoms with Gasteiger partial charge in [-0.05, 0) is 30.3 Å². The summed E-state index contributed by atoms with van der Waals surface area (Å²) in [6.07, 6.45) is 0. The second kappa shape index (κ2) is 8.12. The smallest absolute Gasteiger partial charge is 0.278 e. The lowest BCUT2D eigenvalue weighted by Crippen LogP contribution is -2.46. The standard InChI is InChI=1S/C22H19ClN6O/c23-17-7-4-8-18(15-17)28-11-13-29(14-12-28)20-10-9-19(25-26-20)22-24-21(27-30-22)16-5-2-1-3-6-16/h1-10,15H,11-14H2. The summed E-state index contributed by atoms with van der Waals surface area (Å²) >= 11 is 6.12. The van der Waals surface area contributed by atoms with Gasteiger partial charge in [-0.25, -0.2) is 0 Å². The Hall–Kier alpha value is -3.45. The van der Waals surface area contributed by atoms with Crippen molar-refractivity contribution in [3.63, 3.8) is 0 Å². The lowest BCUT2D eigenvalue weighted by Gasteiger charge is -2.36. The maximum absolute atomic E-state index is 6.12. The highest BCUT2D eigenvalue weighted by Crippen LogP contribution is 2.24. The molecule has 2 aromatic carbocycles. The quantitative estimate of drug-likeness (QED) is 0.492. The van der Waals surface area contributed by atoms with Gasteiger partial charge >= 0.3 is 0 Å². The van der Waals surface area contributed by atoms with Gasteiger partial charge in [0.1, 0.15) is 0 Å². The van der Waals surface area contributed by atoms with E-state index in [9.17, 15) is 0 Å². The van der Waals surface area contributed by atoms with Gasteiger partial charge in [-0.3, -0.25) is 0 Å². The minimum absolute atomic E-state index is 0.360. The molecule has 0 atom stereocenters. The highest BCUT2D eigenvalue weighted by molar-refractivity contribution is 6.30. The molecule has 0 N–H and O–H groups in total. The second-order valence-electron chi connectivity index (χ2n) is 7.02. The molecule has 1 aliphatic heterocycles. The summed E-state index contributed by atoms with van der Waals surface area (Å²) < 4.78 is 5.37. The van der Waals surface area contributed by atoms with Crippen LogP contribution in [0, 0.1) is 0 Å². The van der Waals surface area contributed by atoms with E-state index < -0.39 is 0 Å². The Balaban J connectivity index is 1.25. The summed E-state index contributed by atoms with van der Waals surface area (Å²) in [4.78, 5) is 8.98. The van der Waals surface area contributed by atoms with Crippen molar-refractivity contribution in [3.05, 3.63) is 71.8 Å².